The van der Waals surface area contributed by atoms with Crippen molar-refractivity contribution in [3.8, 4) is 0 Å². The number of ether oxygens (including phenoxy) is 1. The number of nitrogens with one attached hydrogen (secondary N) is 1. The van der Waals surface area contributed by atoms with E-state index in [4.69, 9.17) is 28.6 Å². The van der Waals surface area contributed by atoms with Crippen LogP contribution in [0.4, 0.5) is 0 Å². The lowest BCUT2D eigenvalue weighted by atomic mass is 10.2. The van der Waals surface area contributed by atoms with E-state index in [1.807, 2.05) is 6.92 Å². The zero-order valence-corrected chi connectivity index (χ0v) is 17.3. The fourth-order valence-corrected chi connectivity index (χ4v) is 3.25. The molecule has 2 heterocycles. The Labute approximate surface area is 169 Å². The van der Waals surface area contributed by atoms with E-state index in [0.717, 1.165) is 12.1 Å². The predicted octanol–water partition coefficient (Wildman–Crippen LogP) is 1.67. The third-order valence-electron chi connectivity index (χ3n) is 4.02. The number of esters is 1. The molecule has 0 radical (unpaired) electrons. The van der Waals surface area contributed by atoms with Gasteiger partial charge in [-0.25, -0.2) is 5.01 Å². The molecule has 0 saturated carbocycles. The van der Waals surface area contributed by atoms with E-state index < -0.39 is 0 Å². The third-order valence-corrected chi connectivity index (χ3v) is 4.82. The number of aryl methyl sites for hydroxylation is 2. The van der Waals surface area contributed by atoms with Crippen LogP contribution >= 0.6 is 23.8 Å². The first-order valence-corrected chi connectivity index (χ1v) is 9.53. The van der Waals surface area contributed by atoms with Crippen molar-refractivity contribution in [2.75, 3.05) is 26.2 Å². The summed E-state index contributed by atoms with van der Waals surface area (Å²) in [5.41, 5.74) is 1.47. The Morgan fingerprint density at radius 2 is 2.07 bits per heavy atom. The van der Waals surface area contributed by atoms with Crippen molar-refractivity contribution < 1.29 is 14.3 Å². The lowest BCUT2D eigenvalue weighted by Gasteiger charge is -2.29. The highest BCUT2D eigenvalue weighted by atomic mass is 35.5. The Morgan fingerprint density at radius 1 is 1.37 bits per heavy atom. The number of rotatable bonds is 6. The molecule has 1 aliphatic rings. The summed E-state index contributed by atoms with van der Waals surface area (Å²) in [6, 6.07) is 0. The van der Waals surface area contributed by atoms with Gasteiger partial charge >= 0.3 is 5.97 Å². The molecule has 1 saturated heterocycles. The Hall–Kier alpha value is -2.13. The average Bonchev–Trinajstić information content (AvgIpc) is 3.19. The van der Waals surface area contributed by atoms with Gasteiger partial charge in [0.2, 0.25) is 0 Å². The standard InChI is InChI=1S/C17H24ClN5O3S/c1-4-26-15(25)8-9-19-17(27)23-11-5-10-22(23)14(24)7-6-13-12(2)20-21(3)16(13)18/h6-7H,4-5,8-11H2,1-3H3,(H,19,27)/b7-6+. The van der Waals surface area contributed by atoms with Crippen molar-refractivity contribution in [2.45, 2.75) is 26.7 Å². The molecule has 8 nitrogen and oxygen atoms in total. The van der Waals surface area contributed by atoms with Gasteiger partial charge in [-0.05, 0) is 38.6 Å². The SMILES string of the molecule is CCOC(=O)CCNC(=S)N1CCCN1C(=O)/C=C/c1c(C)nn(C)c1Cl. The number of hydrogen-bond acceptors (Lipinski definition) is 5. The van der Waals surface area contributed by atoms with Gasteiger partial charge < -0.3 is 10.1 Å². The number of hydrogen-bond donors (Lipinski definition) is 1. The van der Waals surface area contributed by atoms with Crippen LogP contribution in [0.25, 0.3) is 6.08 Å². The number of nitrogens with zero attached hydrogens (tertiary/aromatic N) is 4. The molecule has 0 aromatic carbocycles. The summed E-state index contributed by atoms with van der Waals surface area (Å²) in [6.45, 7) is 5.51. The Morgan fingerprint density at radius 3 is 2.70 bits per heavy atom. The maximum atomic E-state index is 12.6. The van der Waals surface area contributed by atoms with Crippen molar-refractivity contribution >= 4 is 46.9 Å². The van der Waals surface area contributed by atoms with Crippen LogP contribution in [0.15, 0.2) is 6.08 Å². The molecule has 1 aliphatic heterocycles. The monoisotopic (exact) mass is 413 g/mol. The summed E-state index contributed by atoms with van der Waals surface area (Å²) in [7, 11) is 1.75. The molecule has 2 rings (SSSR count). The quantitative estimate of drug-likeness (QED) is 0.431. The molecule has 1 aromatic heterocycles. The van der Waals surface area contributed by atoms with Gasteiger partial charge in [-0.15, -0.1) is 0 Å². The molecule has 27 heavy (non-hydrogen) atoms. The molecular formula is C17H24ClN5O3S. The molecule has 148 valence electrons. The van der Waals surface area contributed by atoms with Crippen molar-refractivity contribution in [1.82, 2.24) is 25.1 Å². The average molecular weight is 414 g/mol. The first-order valence-electron chi connectivity index (χ1n) is 8.74. The van der Waals surface area contributed by atoms with Crippen LogP contribution in [-0.2, 0) is 21.4 Å². The van der Waals surface area contributed by atoms with Crippen LogP contribution in [0, 0.1) is 6.92 Å². The van der Waals surface area contributed by atoms with E-state index in [-0.39, 0.29) is 18.3 Å². The maximum absolute atomic E-state index is 12.6. The number of halogens is 1. The Kier molecular flexibility index (Phi) is 7.61. The lowest BCUT2D eigenvalue weighted by molar-refractivity contribution is -0.143. The predicted molar refractivity (Wildman–Crippen MR) is 107 cm³/mol. The van der Waals surface area contributed by atoms with E-state index in [2.05, 4.69) is 10.4 Å². The summed E-state index contributed by atoms with van der Waals surface area (Å²) >= 11 is 11.5. The number of thiocarbonyl (C=S) groups is 1. The summed E-state index contributed by atoms with van der Waals surface area (Å²) < 4.78 is 6.44. The van der Waals surface area contributed by atoms with Gasteiger partial charge in [0.15, 0.2) is 5.11 Å². The molecule has 0 spiro atoms. The van der Waals surface area contributed by atoms with Crippen molar-refractivity contribution in [3.05, 3.63) is 22.5 Å². The van der Waals surface area contributed by atoms with Gasteiger partial charge in [-0.1, -0.05) is 11.6 Å². The van der Waals surface area contributed by atoms with Gasteiger partial charge in [-0.2, -0.15) is 5.10 Å². The maximum Gasteiger partial charge on any atom is 0.307 e. The summed E-state index contributed by atoms with van der Waals surface area (Å²) in [6.07, 6.45) is 4.16. The molecule has 1 N–H and O–H groups in total. The van der Waals surface area contributed by atoms with Crippen LogP contribution in [-0.4, -0.2) is 63.0 Å². The molecule has 10 heteroatoms. The number of carbonyl (C=O) groups is 2. The fourth-order valence-electron chi connectivity index (χ4n) is 2.72. The second-order valence-electron chi connectivity index (χ2n) is 5.97. The number of hydrazine groups is 1. The van der Waals surface area contributed by atoms with E-state index in [9.17, 15) is 9.59 Å². The fraction of sp³-hybridized carbons (Fsp3) is 0.529. The number of amides is 1. The molecule has 1 fully saturated rings. The van der Waals surface area contributed by atoms with Crippen molar-refractivity contribution in [3.63, 3.8) is 0 Å². The normalized spacial score (nSPS) is 14.1. The van der Waals surface area contributed by atoms with Crippen LogP contribution in [0.3, 0.4) is 0 Å². The molecule has 0 bridgehead atoms. The Balaban J connectivity index is 1.94. The summed E-state index contributed by atoms with van der Waals surface area (Å²) in [5.74, 6) is -0.477. The van der Waals surface area contributed by atoms with Crippen LogP contribution in [0.5, 0.6) is 0 Å². The van der Waals surface area contributed by atoms with Crippen molar-refractivity contribution in [2.24, 2.45) is 7.05 Å². The van der Waals surface area contributed by atoms with Crippen molar-refractivity contribution in [1.29, 1.82) is 0 Å². The second kappa shape index (κ2) is 9.70. The Bertz CT molecular complexity index is 749. The zero-order chi connectivity index (χ0) is 20.0. The van der Waals surface area contributed by atoms with Gasteiger partial charge in [0.05, 0.1) is 18.7 Å². The minimum atomic E-state index is -0.284. The molecule has 0 unspecified atom stereocenters. The minimum absolute atomic E-state index is 0.193. The second-order valence-corrected chi connectivity index (χ2v) is 6.72. The summed E-state index contributed by atoms with van der Waals surface area (Å²) in [5, 5.41) is 11.4. The number of carbonyl (C=O) groups excluding carboxylic acids is 2. The van der Waals surface area contributed by atoms with E-state index in [1.54, 1.807) is 34.7 Å². The number of aromatic nitrogens is 2. The highest BCUT2D eigenvalue weighted by molar-refractivity contribution is 7.80. The topological polar surface area (TPSA) is 79.7 Å². The molecule has 0 aliphatic carbocycles. The highest BCUT2D eigenvalue weighted by Gasteiger charge is 2.27. The summed E-state index contributed by atoms with van der Waals surface area (Å²) in [4.78, 5) is 24.0. The minimum Gasteiger partial charge on any atom is -0.466 e. The zero-order valence-electron chi connectivity index (χ0n) is 15.7. The van der Waals surface area contributed by atoms with Gasteiger partial charge in [0.1, 0.15) is 5.15 Å². The van der Waals surface area contributed by atoms with E-state index in [0.29, 0.717) is 42.1 Å². The van der Waals surface area contributed by atoms with Crippen LogP contribution in [0.1, 0.15) is 31.0 Å². The smallest absolute Gasteiger partial charge is 0.307 e. The van der Waals surface area contributed by atoms with Crippen LogP contribution in [0.2, 0.25) is 5.15 Å². The molecule has 1 amide bonds. The van der Waals surface area contributed by atoms with E-state index in [1.165, 1.54) is 6.08 Å². The van der Waals surface area contributed by atoms with E-state index >= 15 is 0 Å². The first kappa shape index (κ1) is 21.2. The van der Waals surface area contributed by atoms with Gasteiger partial charge in [0, 0.05) is 38.3 Å². The highest BCUT2D eigenvalue weighted by Crippen LogP contribution is 2.20. The van der Waals surface area contributed by atoms with Gasteiger partial charge in [0.25, 0.3) is 5.91 Å². The third kappa shape index (κ3) is 5.43. The molecule has 0 atom stereocenters. The largest absolute Gasteiger partial charge is 0.466 e. The van der Waals surface area contributed by atoms with Crippen LogP contribution < -0.4 is 5.32 Å². The molecular weight excluding hydrogens is 390 g/mol. The van der Waals surface area contributed by atoms with Gasteiger partial charge in [-0.3, -0.25) is 19.3 Å². The molecule has 1 aromatic rings. The lowest BCUT2D eigenvalue weighted by Crippen LogP contribution is -2.49. The first-order chi connectivity index (χ1) is 12.8.